The zero-order valence-corrected chi connectivity index (χ0v) is 19.1. The average molecular weight is 409 g/mol. The topological polar surface area (TPSA) is 49.4 Å². The van der Waals surface area contributed by atoms with Gasteiger partial charge in [-0.15, -0.1) is 0 Å². The van der Waals surface area contributed by atoms with Gasteiger partial charge in [0.1, 0.15) is 6.04 Å². The molecule has 0 aromatic heterocycles. The van der Waals surface area contributed by atoms with Crippen LogP contribution in [0, 0.1) is 6.92 Å². The minimum absolute atomic E-state index is 0.00266. The van der Waals surface area contributed by atoms with Gasteiger partial charge in [-0.25, -0.2) is 0 Å². The van der Waals surface area contributed by atoms with Crippen LogP contribution in [-0.4, -0.2) is 28.8 Å². The molecule has 0 saturated carbocycles. The zero-order valence-electron chi connectivity index (χ0n) is 19.1. The number of hydrogen-bond donors (Lipinski definition) is 1. The molecule has 30 heavy (non-hydrogen) atoms. The van der Waals surface area contributed by atoms with Crippen LogP contribution in [-0.2, 0) is 29.0 Å². The third kappa shape index (κ3) is 7.01. The van der Waals surface area contributed by atoms with Gasteiger partial charge in [0.2, 0.25) is 11.8 Å². The first-order chi connectivity index (χ1) is 14.3. The number of amides is 2. The SMILES string of the molecule is CCc1ccc(CCC(=O)N(Cc2cccc(C)c2)[C@H](C)C(=O)N[C@H](C)CC)cc1. The first-order valence-corrected chi connectivity index (χ1v) is 11.1. The molecule has 1 N–H and O–H groups in total. The lowest BCUT2D eigenvalue weighted by molar-refractivity contribution is -0.140. The van der Waals surface area contributed by atoms with Gasteiger partial charge in [0, 0.05) is 19.0 Å². The Labute approximate surface area is 181 Å². The molecule has 0 heterocycles. The molecule has 0 fully saturated rings. The van der Waals surface area contributed by atoms with E-state index in [9.17, 15) is 9.59 Å². The summed E-state index contributed by atoms with van der Waals surface area (Å²) >= 11 is 0. The highest BCUT2D eigenvalue weighted by Crippen LogP contribution is 2.15. The number of nitrogens with one attached hydrogen (secondary N) is 1. The minimum atomic E-state index is -0.519. The third-order valence-electron chi connectivity index (χ3n) is 5.66. The second-order valence-electron chi connectivity index (χ2n) is 8.17. The van der Waals surface area contributed by atoms with Crippen LogP contribution in [0.1, 0.15) is 62.8 Å². The summed E-state index contributed by atoms with van der Waals surface area (Å²) < 4.78 is 0. The number of benzene rings is 2. The van der Waals surface area contributed by atoms with Crippen molar-refractivity contribution in [1.29, 1.82) is 0 Å². The van der Waals surface area contributed by atoms with Gasteiger partial charge in [-0.3, -0.25) is 9.59 Å². The van der Waals surface area contributed by atoms with E-state index in [0.717, 1.165) is 29.5 Å². The molecule has 2 aromatic carbocycles. The molecule has 162 valence electrons. The van der Waals surface area contributed by atoms with E-state index in [-0.39, 0.29) is 17.9 Å². The maximum absolute atomic E-state index is 13.2. The van der Waals surface area contributed by atoms with E-state index in [1.807, 2.05) is 45.9 Å². The van der Waals surface area contributed by atoms with Crippen molar-refractivity contribution in [3.05, 3.63) is 70.8 Å². The van der Waals surface area contributed by atoms with Crippen molar-refractivity contribution in [2.24, 2.45) is 0 Å². The molecular formula is C26H36N2O2. The molecular weight excluding hydrogens is 372 g/mol. The van der Waals surface area contributed by atoms with Crippen molar-refractivity contribution in [3.8, 4) is 0 Å². The van der Waals surface area contributed by atoms with Crippen LogP contribution < -0.4 is 5.32 Å². The Morgan fingerprint density at radius 2 is 1.63 bits per heavy atom. The summed E-state index contributed by atoms with van der Waals surface area (Å²) in [4.78, 5) is 27.6. The highest BCUT2D eigenvalue weighted by molar-refractivity contribution is 5.87. The van der Waals surface area contributed by atoms with Gasteiger partial charge in [-0.05, 0) is 56.7 Å². The van der Waals surface area contributed by atoms with Gasteiger partial charge in [-0.1, -0.05) is 67.9 Å². The Morgan fingerprint density at radius 1 is 0.967 bits per heavy atom. The van der Waals surface area contributed by atoms with Crippen molar-refractivity contribution in [1.82, 2.24) is 10.2 Å². The van der Waals surface area contributed by atoms with Crippen LogP contribution in [0.5, 0.6) is 0 Å². The molecule has 0 aliphatic carbocycles. The van der Waals surface area contributed by atoms with E-state index in [2.05, 4.69) is 42.6 Å². The van der Waals surface area contributed by atoms with E-state index in [4.69, 9.17) is 0 Å². The lowest BCUT2D eigenvalue weighted by Gasteiger charge is -2.30. The summed E-state index contributed by atoms with van der Waals surface area (Å²) in [6, 6.07) is 16.1. The van der Waals surface area contributed by atoms with Crippen molar-refractivity contribution < 1.29 is 9.59 Å². The lowest BCUT2D eigenvalue weighted by Crippen LogP contribution is -2.49. The largest absolute Gasteiger partial charge is 0.352 e. The van der Waals surface area contributed by atoms with Crippen LogP contribution >= 0.6 is 0 Å². The summed E-state index contributed by atoms with van der Waals surface area (Å²) in [5, 5.41) is 3.02. The third-order valence-corrected chi connectivity index (χ3v) is 5.66. The Bertz CT molecular complexity index is 829. The number of aryl methyl sites for hydroxylation is 3. The van der Waals surface area contributed by atoms with Crippen molar-refractivity contribution in [2.45, 2.75) is 78.9 Å². The molecule has 2 atom stereocenters. The van der Waals surface area contributed by atoms with Gasteiger partial charge in [-0.2, -0.15) is 0 Å². The Hall–Kier alpha value is -2.62. The highest BCUT2D eigenvalue weighted by atomic mass is 16.2. The first kappa shape index (κ1) is 23.7. The molecule has 0 unspecified atom stereocenters. The molecule has 0 saturated heterocycles. The van der Waals surface area contributed by atoms with E-state index in [0.29, 0.717) is 19.4 Å². The standard InChI is InChI=1S/C26H36N2O2/c1-6-20(4)27-26(30)21(5)28(18-24-10-8-9-19(3)17-24)25(29)16-15-23-13-11-22(7-2)12-14-23/h8-14,17,20-21H,6-7,15-16,18H2,1-5H3,(H,27,30)/t20-,21-/m1/s1. The summed E-state index contributed by atoms with van der Waals surface area (Å²) in [7, 11) is 0. The Kier molecular flexibility index (Phi) is 9.10. The fourth-order valence-corrected chi connectivity index (χ4v) is 3.39. The van der Waals surface area contributed by atoms with Crippen LogP contribution in [0.3, 0.4) is 0 Å². The predicted molar refractivity (Wildman–Crippen MR) is 123 cm³/mol. The molecule has 0 aliphatic rings. The number of hydrogen-bond acceptors (Lipinski definition) is 2. The summed E-state index contributed by atoms with van der Waals surface area (Å²) in [6.45, 7) is 10.4. The van der Waals surface area contributed by atoms with E-state index < -0.39 is 6.04 Å². The molecule has 0 aliphatic heterocycles. The zero-order chi connectivity index (χ0) is 22.1. The van der Waals surface area contributed by atoms with Crippen molar-refractivity contribution >= 4 is 11.8 Å². The van der Waals surface area contributed by atoms with E-state index in [1.54, 1.807) is 4.90 Å². The van der Waals surface area contributed by atoms with Crippen molar-refractivity contribution in [2.75, 3.05) is 0 Å². The van der Waals surface area contributed by atoms with Gasteiger partial charge >= 0.3 is 0 Å². The molecule has 0 radical (unpaired) electrons. The molecule has 0 spiro atoms. The van der Waals surface area contributed by atoms with Crippen LogP contribution in [0.2, 0.25) is 0 Å². The van der Waals surface area contributed by atoms with Gasteiger partial charge in [0.15, 0.2) is 0 Å². The summed E-state index contributed by atoms with van der Waals surface area (Å²) in [5.41, 5.74) is 4.63. The average Bonchev–Trinajstić information content (AvgIpc) is 2.75. The number of rotatable bonds is 10. The quantitative estimate of drug-likeness (QED) is 0.613. The van der Waals surface area contributed by atoms with E-state index in [1.165, 1.54) is 5.56 Å². The maximum Gasteiger partial charge on any atom is 0.242 e. The molecule has 2 aromatic rings. The molecule has 4 heteroatoms. The molecule has 2 rings (SSSR count). The smallest absolute Gasteiger partial charge is 0.242 e. The second kappa shape index (κ2) is 11.5. The van der Waals surface area contributed by atoms with Crippen LogP contribution in [0.4, 0.5) is 0 Å². The van der Waals surface area contributed by atoms with Crippen LogP contribution in [0.15, 0.2) is 48.5 Å². The fourth-order valence-electron chi connectivity index (χ4n) is 3.39. The van der Waals surface area contributed by atoms with Crippen LogP contribution in [0.25, 0.3) is 0 Å². The minimum Gasteiger partial charge on any atom is -0.352 e. The van der Waals surface area contributed by atoms with E-state index >= 15 is 0 Å². The predicted octanol–water partition coefficient (Wildman–Crippen LogP) is 4.82. The maximum atomic E-state index is 13.2. The highest BCUT2D eigenvalue weighted by Gasteiger charge is 2.26. The van der Waals surface area contributed by atoms with Gasteiger partial charge in [0.05, 0.1) is 0 Å². The number of carbonyl (C=O) groups is 2. The molecule has 4 nitrogen and oxygen atoms in total. The molecule has 2 amide bonds. The Morgan fingerprint density at radius 3 is 2.23 bits per heavy atom. The van der Waals surface area contributed by atoms with Gasteiger partial charge in [0.25, 0.3) is 0 Å². The first-order valence-electron chi connectivity index (χ1n) is 11.1. The normalized spacial score (nSPS) is 12.8. The lowest BCUT2D eigenvalue weighted by atomic mass is 10.0. The summed E-state index contributed by atoms with van der Waals surface area (Å²) in [5.74, 6) is -0.0967. The monoisotopic (exact) mass is 408 g/mol. The summed E-state index contributed by atoms with van der Waals surface area (Å²) in [6.07, 6.45) is 2.93. The van der Waals surface area contributed by atoms with Crippen molar-refractivity contribution in [3.63, 3.8) is 0 Å². The Balaban J connectivity index is 2.13. The second-order valence-corrected chi connectivity index (χ2v) is 8.17. The van der Waals surface area contributed by atoms with Gasteiger partial charge < -0.3 is 10.2 Å². The fraction of sp³-hybridized carbons (Fsp3) is 0.462. The molecule has 0 bridgehead atoms. The number of nitrogens with zero attached hydrogens (tertiary/aromatic N) is 1. The number of carbonyl (C=O) groups excluding carboxylic acids is 2.